The summed E-state index contributed by atoms with van der Waals surface area (Å²) in [5.41, 5.74) is -0.385. The van der Waals surface area contributed by atoms with Gasteiger partial charge in [0, 0.05) is 0 Å². The minimum Gasteiger partial charge on any atom is -0.456 e. The molecule has 2 aromatic carbocycles. The number of amides is 1. The summed E-state index contributed by atoms with van der Waals surface area (Å²) in [6, 6.07) is 13.9. The number of carbonyl (C=O) groups excluding carboxylic acids is 2. The third kappa shape index (κ3) is 5.61. The lowest BCUT2D eigenvalue weighted by Crippen LogP contribution is -2.23. The molecule has 26 heavy (non-hydrogen) atoms. The number of ether oxygens (including phenoxy) is 1. The lowest BCUT2D eigenvalue weighted by molar-refractivity contribution is -0.147. The van der Waals surface area contributed by atoms with Crippen LogP contribution in [-0.2, 0) is 20.5 Å². The minimum absolute atomic E-state index is 0.0659. The first-order valence-corrected chi connectivity index (χ1v) is 7.94. The van der Waals surface area contributed by atoms with Gasteiger partial charge in [0.15, 0.2) is 6.61 Å². The summed E-state index contributed by atoms with van der Waals surface area (Å²) < 4.78 is 43.5. The van der Waals surface area contributed by atoms with Crippen LogP contribution in [0.4, 0.5) is 18.9 Å². The lowest BCUT2D eigenvalue weighted by atomic mass is 9.98. The maximum Gasteiger partial charge on any atom is 0.418 e. The Morgan fingerprint density at radius 3 is 2.31 bits per heavy atom. The average Bonchev–Trinajstić information content (AvgIpc) is 2.60. The lowest BCUT2D eigenvalue weighted by Gasteiger charge is -2.14. The molecule has 0 radical (unpaired) electrons. The molecule has 1 amide bonds. The number of hydrogen-bond acceptors (Lipinski definition) is 3. The second-order valence-electron chi connectivity index (χ2n) is 5.77. The number of hydrogen-bond donors (Lipinski definition) is 1. The number of nitrogens with one attached hydrogen (secondary N) is 1. The molecule has 2 aromatic rings. The molecule has 2 rings (SSSR count). The van der Waals surface area contributed by atoms with E-state index in [2.05, 4.69) is 5.32 Å². The van der Waals surface area contributed by atoms with Gasteiger partial charge >= 0.3 is 12.1 Å². The van der Waals surface area contributed by atoms with Crippen LogP contribution in [0.2, 0.25) is 0 Å². The van der Waals surface area contributed by atoms with Crippen molar-refractivity contribution in [2.75, 3.05) is 11.9 Å². The van der Waals surface area contributed by atoms with Gasteiger partial charge < -0.3 is 10.1 Å². The van der Waals surface area contributed by atoms with E-state index in [1.165, 1.54) is 12.1 Å². The van der Waals surface area contributed by atoms with Gasteiger partial charge in [-0.15, -0.1) is 0 Å². The maximum absolute atomic E-state index is 12.9. The second-order valence-corrected chi connectivity index (χ2v) is 5.77. The fourth-order valence-corrected chi connectivity index (χ4v) is 2.38. The molecule has 4 nitrogen and oxygen atoms in total. The fourth-order valence-electron chi connectivity index (χ4n) is 2.38. The Labute approximate surface area is 149 Å². The highest BCUT2D eigenvalue weighted by Gasteiger charge is 2.33. The fraction of sp³-hybridized carbons (Fsp3) is 0.263. The quantitative estimate of drug-likeness (QED) is 0.773. The largest absolute Gasteiger partial charge is 0.456 e. The van der Waals surface area contributed by atoms with Crippen molar-refractivity contribution < 1.29 is 27.5 Å². The average molecular weight is 365 g/mol. The van der Waals surface area contributed by atoms with Crippen LogP contribution < -0.4 is 5.32 Å². The number of anilines is 1. The van der Waals surface area contributed by atoms with E-state index in [9.17, 15) is 22.8 Å². The first-order chi connectivity index (χ1) is 12.3. The zero-order valence-corrected chi connectivity index (χ0v) is 14.0. The topological polar surface area (TPSA) is 55.4 Å². The van der Waals surface area contributed by atoms with Gasteiger partial charge in [0.1, 0.15) is 0 Å². The van der Waals surface area contributed by atoms with Crippen molar-refractivity contribution in [3.05, 3.63) is 65.7 Å². The summed E-state index contributed by atoms with van der Waals surface area (Å²) in [5, 5.41) is 2.12. The number of benzene rings is 2. The van der Waals surface area contributed by atoms with E-state index in [4.69, 9.17) is 4.74 Å². The SMILES string of the molecule is C[C@H](CC(=O)OCC(=O)Nc1ccccc1C(F)(F)F)c1ccccc1. The van der Waals surface area contributed by atoms with Crippen molar-refractivity contribution in [1.82, 2.24) is 0 Å². The van der Waals surface area contributed by atoms with Crippen molar-refractivity contribution in [3.8, 4) is 0 Å². The molecule has 0 aliphatic carbocycles. The Hall–Kier alpha value is -2.83. The van der Waals surface area contributed by atoms with Crippen LogP contribution in [0.1, 0.15) is 30.4 Å². The van der Waals surface area contributed by atoms with E-state index in [1.54, 1.807) is 0 Å². The molecule has 0 aliphatic heterocycles. The molecular weight excluding hydrogens is 347 g/mol. The molecule has 0 saturated heterocycles. The maximum atomic E-state index is 12.9. The Kier molecular flexibility index (Phi) is 6.38. The number of halogens is 3. The van der Waals surface area contributed by atoms with Gasteiger partial charge in [0.2, 0.25) is 0 Å². The van der Waals surface area contributed by atoms with Crippen molar-refractivity contribution in [1.29, 1.82) is 0 Å². The molecule has 138 valence electrons. The molecule has 0 bridgehead atoms. The molecule has 0 heterocycles. The Bertz CT molecular complexity index is 760. The van der Waals surface area contributed by atoms with Gasteiger partial charge in [-0.25, -0.2) is 0 Å². The zero-order chi connectivity index (χ0) is 19.2. The Balaban J connectivity index is 1.87. The van der Waals surface area contributed by atoms with Crippen molar-refractivity contribution in [2.24, 2.45) is 0 Å². The van der Waals surface area contributed by atoms with E-state index >= 15 is 0 Å². The summed E-state index contributed by atoms with van der Waals surface area (Å²) in [4.78, 5) is 23.6. The van der Waals surface area contributed by atoms with Crippen molar-refractivity contribution in [3.63, 3.8) is 0 Å². The second kappa shape index (κ2) is 8.51. The van der Waals surface area contributed by atoms with E-state index in [-0.39, 0.29) is 18.0 Å². The van der Waals surface area contributed by atoms with Crippen LogP contribution in [0, 0.1) is 0 Å². The smallest absolute Gasteiger partial charge is 0.418 e. The number of para-hydroxylation sites is 1. The molecule has 1 atom stereocenters. The number of esters is 1. The summed E-state index contributed by atoms with van der Waals surface area (Å²) in [7, 11) is 0. The van der Waals surface area contributed by atoms with Crippen molar-refractivity contribution in [2.45, 2.75) is 25.4 Å². The van der Waals surface area contributed by atoms with E-state index in [1.807, 2.05) is 37.3 Å². The zero-order valence-electron chi connectivity index (χ0n) is 14.0. The van der Waals surface area contributed by atoms with Crippen LogP contribution in [0.15, 0.2) is 54.6 Å². The first-order valence-electron chi connectivity index (χ1n) is 7.94. The van der Waals surface area contributed by atoms with Crippen LogP contribution in [0.25, 0.3) is 0 Å². The van der Waals surface area contributed by atoms with Gasteiger partial charge in [-0.05, 0) is 23.6 Å². The molecule has 0 saturated carbocycles. The Morgan fingerprint density at radius 2 is 1.65 bits per heavy atom. The molecule has 0 fully saturated rings. The molecular formula is C19H18F3NO3. The number of alkyl halides is 3. The number of carbonyl (C=O) groups is 2. The monoisotopic (exact) mass is 365 g/mol. The highest BCUT2D eigenvalue weighted by Crippen LogP contribution is 2.34. The highest BCUT2D eigenvalue weighted by atomic mass is 19.4. The normalized spacial score (nSPS) is 12.3. The minimum atomic E-state index is -4.59. The van der Waals surface area contributed by atoms with E-state index < -0.39 is 30.2 Å². The van der Waals surface area contributed by atoms with Crippen LogP contribution in [0.3, 0.4) is 0 Å². The van der Waals surface area contributed by atoms with Crippen LogP contribution in [0.5, 0.6) is 0 Å². The summed E-state index contributed by atoms with van der Waals surface area (Å²) in [6.45, 7) is 1.20. The molecule has 0 unspecified atom stereocenters. The highest BCUT2D eigenvalue weighted by molar-refractivity contribution is 5.93. The van der Waals surface area contributed by atoms with Crippen LogP contribution in [-0.4, -0.2) is 18.5 Å². The summed E-state index contributed by atoms with van der Waals surface area (Å²) in [5.74, 6) is -1.53. The third-order valence-electron chi connectivity index (χ3n) is 3.71. The van der Waals surface area contributed by atoms with Gasteiger partial charge in [0.05, 0.1) is 17.7 Å². The first kappa shape index (κ1) is 19.5. The molecule has 0 aromatic heterocycles. The van der Waals surface area contributed by atoms with Gasteiger partial charge in [0.25, 0.3) is 5.91 Å². The number of rotatable bonds is 6. The van der Waals surface area contributed by atoms with Gasteiger partial charge in [-0.2, -0.15) is 13.2 Å². The molecule has 0 aliphatic rings. The summed E-state index contributed by atoms with van der Waals surface area (Å²) in [6.07, 6.45) is -4.53. The third-order valence-corrected chi connectivity index (χ3v) is 3.71. The van der Waals surface area contributed by atoms with Gasteiger partial charge in [-0.1, -0.05) is 49.4 Å². The Morgan fingerprint density at radius 1 is 1.04 bits per heavy atom. The predicted molar refractivity (Wildman–Crippen MR) is 90.5 cm³/mol. The summed E-state index contributed by atoms with van der Waals surface area (Å²) >= 11 is 0. The molecule has 0 spiro atoms. The van der Waals surface area contributed by atoms with Crippen LogP contribution >= 0.6 is 0 Å². The molecule has 7 heteroatoms. The predicted octanol–water partition coefficient (Wildman–Crippen LogP) is 4.38. The van der Waals surface area contributed by atoms with Gasteiger partial charge in [-0.3, -0.25) is 9.59 Å². The van der Waals surface area contributed by atoms with Crippen molar-refractivity contribution >= 4 is 17.6 Å². The van der Waals surface area contributed by atoms with E-state index in [0.717, 1.165) is 17.7 Å². The standard InChI is InChI=1S/C19H18F3NO3/c1-13(14-7-3-2-4-8-14)11-18(25)26-12-17(24)23-16-10-6-5-9-15(16)19(20,21)22/h2-10,13H,11-12H2,1H3,(H,23,24)/t13-/m1/s1. The molecule has 1 N–H and O–H groups in total. The van der Waals surface area contributed by atoms with E-state index in [0.29, 0.717) is 0 Å².